The molecule has 1 aliphatic carbocycles. The molecule has 1 aromatic heterocycles. The van der Waals surface area contributed by atoms with Gasteiger partial charge < -0.3 is 5.32 Å². The second kappa shape index (κ2) is 5.34. The van der Waals surface area contributed by atoms with E-state index in [2.05, 4.69) is 24.3 Å². The van der Waals surface area contributed by atoms with Crippen LogP contribution in [-0.4, -0.2) is 15.8 Å². The highest BCUT2D eigenvalue weighted by atomic mass is 16.1. The minimum atomic E-state index is -0.000550. The number of aryl methyl sites for hydroxylation is 1. The topological polar surface area (TPSA) is 46.9 Å². The van der Waals surface area contributed by atoms with Crippen LogP contribution in [0.25, 0.3) is 0 Å². The highest BCUT2D eigenvalue weighted by Gasteiger charge is 2.20. The number of nitrogens with one attached hydrogen (secondary N) is 1. The van der Waals surface area contributed by atoms with Gasteiger partial charge in [-0.3, -0.25) is 4.79 Å². The third-order valence-corrected chi connectivity index (χ3v) is 2.97. The Morgan fingerprint density at radius 2 is 2.29 bits per heavy atom. The highest BCUT2D eigenvalue weighted by molar-refractivity contribution is 5.41. The molecule has 0 spiro atoms. The third-order valence-electron chi connectivity index (χ3n) is 2.97. The van der Waals surface area contributed by atoms with Gasteiger partial charge in [0.15, 0.2) is 0 Å². The Morgan fingerprint density at radius 1 is 1.53 bits per heavy atom. The van der Waals surface area contributed by atoms with Crippen molar-refractivity contribution in [2.75, 3.05) is 5.32 Å². The molecule has 0 saturated heterocycles. The van der Waals surface area contributed by atoms with E-state index in [1.165, 1.54) is 12.8 Å². The van der Waals surface area contributed by atoms with Crippen LogP contribution in [0.5, 0.6) is 0 Å². The third kappa shape index (κ3) is 3.88. The molecule has 2 rings (SSSR count). The van der Waals surface area contributed by atoms with Crippen LogP contribution in [-0.2, 0) is 6.54 Å². The molecule has 1 aromatic rings. The van der Waals surface area contributed by atoms with E-state index < -0.39 is 0 Å². The van der Waals surface area contributed by atoms with E-state index in [-0.39, 0.29) is 5.56 Å². The van der Waals surface area contributed by atoms with Gasteiger partial charge in [-0.15, -0.1) is 0 Å². The molecule has 0 aliphatic heterocycles. The molecule has 0 amide bonds. The second-order valence-corrected chi connectivity index (χ2v) is 5.26. The molecule has 17 heavy (non-hydrogen) atoms. The van der Waals surface area contributed by atoms with Gasteiger partial charge in [0.05, 0.1) is 11.9 Å². The molecule has 94 valence electrons. The fraction of sp³-hybridized carbons (Fsp3) is 0.692. The van der Waals surface area contributed by atoms with Gasteiger partial charge in [-0.1, -0.05) is 13.8 Å². The molecule has 1 saturated carbocycles. The summed E-state index contributed by atoms with van der Waals surface area (Å²) < 4.78 is 1.56. The summed E-state index contributed by atoms with van der Waals surface area (Å²) in [6.45, 7) is 5.11. The number of rotatable bonds is 6. The summed E-state index contributed by atoms with van der Waals surface area (Å²) in [4.78, 5) is 11.8. The molecule has 1 N–H and O–H groups in total. The average Bonchev–Trinajstić information content (AvgIpc) is 3.05. The lowest BCUT2D eigenvalue weighted by atomic mass is 10.1. The Bertz CT molecular complexity index is 421. The van der Waals surface area contributed by atoms with Crippen molar-refractivity contribution in [3.63, 3.8) is 0 Å². The summed E-state index contributed by atoms with van der Waals surface area (Å²) in [5.41, 5.74) is 0.858. The first-order valence-electron chi connectivity index (χ1n) is 6.49. The molecule has 4 nitrogen and oxygen atoms in total. The number of hydrogen-bond acceptors (Lipinski definition) is 3. The number of nitrogens with zero attached hydrogens (tertiary/aromatic N) is 2. The number of hydrogen-bond donors (Lipinski definition) is 1. The van der Waals surface area contributed by atoms with Crippen LogP contribution in [0, 0.1) is 5.92 Å². The van der Waals surface area contributed by atoms with Gasteiger partial charge in [0.1, 0.15) is 0 Å². The van der Waals surface area contributed by atoms with Gasteiger partial charge >= 0.3 is 0 Å². The monoisotopic (exact) mass is 235 g/mol. The molecule has 1 fully saturated rings. The highest BCUT2D eigenvalue weighted by Crippen LogP contribution is 2.23. The standard InChI is InChI=1S/C13H21N3O/c1-10(2)4-3-7-16-13(17)8-12(9-14-16)15-11-5-6-11/h8-11,15H,3-7H2,1-2H3. The summed E-state index contributed by atoms with van der Waals surface area (Å²) in [5.74, 6) is 0.682. The quantitative estimate of drug-likeness (QED) is 0.822. The van der Waals surface area contributed by atoms with Gasteiger partial charge in [0.2, 0.25) is 0 Å². The predicted octanol–water partition coefficient (Wildman–Crippen LogP) is 2.25. The lowest BCUT2D eigenvalue weighted by Crippen LogP contribution is -2.23. The predicted molar refractivity (Wildman–Crippen MR) is 69.2 cm³/mol. The summed E-state index contributed by atoms with van der Waals surface area (Å²) in [7, 11) is 0. The maximum Gasteiger partial charge on any atom is 0.268 e. The first-order valence-corrected chi connectivity index (χ1v) is 6.49. The summed E-state index contributed by atoms with van der Waals surface area (Å²) in [6, 6.07) is 2.22. The molecule has 0 atom stereocenters. The summed E-state index contributed by atoms with van der Waals surface area (Å²) >= 11 is 0. The van der Waals surface area contributed by atoms with Gasteiger partial charge in [0, 0.05) is 18.7 Å². The number of anilines is 1. The van der Waals surface area contributed by atoms with Gasteiger partial charge in [-0.2, -0.15) is 5.10 Å². The van der Waals surface area contributed by atoms with Crippen LogP contribution in [0.15, 0.2) is 17.1 Å². The minimum absolute atomic E-state index is 0.000550. The Morgan fingerprint density at radius 3 is 2.88 bits per heavy atom. The SMILES string of the molecule is CC(C)CCCn1ncc(NC2CC2)cc1=O. The largest absolute Gasteiger partial charge is 0.381 e. The molecule has 0 bridgehead atoms. The maximum absolute atomic E-state index is 11.8. The lowest BCUT2D eigenvalue weighted by molar-refractivity contribution is 0.477. The molecular formula is C13H21N3O. The number of aromatic nitrogens is 2. The van der Waals surface area contributed by atoms with E-state index in [1.807, 2.05) is 0 Å². The Labute approximate surface area is 102 Å². The van der Waals surface area contributed by atoms with Gasteiger partial charge in [-0.25, -0.2) is 4.68 Å². The molecule has 1 heterocycles. The van der Waals surface area contributed by atoms with Crippen molar-refractivity contribution in [3.05, 3.63) is 22.6 Å². The normalized spacial score (nSPS) is 15.2. The van der Waals surface area contributed by atoms with E-state index in [0.29, 0.717) is 12.0 Å². The van der Waals surface area contributed by atoms with Crippen LogP contribution < -0.4 is 10.9 Å². The Hall–Kier alpha value is -1.32. The smallest absolute Gasteiger partial charge is 0.268 e. The Balaban J connectivity index is 1.91. The van der Waals surface area contributed by atoms with E-state index in [4.69, 9.17) is 0 Å². The fourth-order valence-electron chi connectivity index (χ4n) is 1.79. The molecule has 1 aliphatic rings. The zero-order valence-electron chi connectivity index (χ0n) is 10.6. The fourth-order valence-corrected chi connectivity index (χ4v) is 1.79. The first-order chi connectivity index (χ1) is 8.15. The van der Waals surface area contributed by atoms with Crippen molar-refractivity contribution in [3.8, 4) is 0 Å². The molecule has 4 heteroatoms. The molecular weight excluding hydrogens is 214 g/mol. The zero-order chi connectivity index (χ0) is 12.3. The van der Waals surface area contributed by atoms with Crippen LogP contribution >= 0.6 is 0 Å². The Kier molecular flexibility index (Phi) is 3.82. The van der Waals surface area contributed by atoms with Gasteiger partial charge in [0.25, 0.3) is 5.56 Å². The summed E-state index contributed by atoms with van der Waals surface area (Å²) in [6.07, 6.45) is 6.32. The van der Waals surface area contributed by atoms with Crippen molar-refractivity contribution >= 4 is 5.69 Å². The van der Waals surface area contributed by atoms with Crippen molar-refractivity contribution in [1.82, 2.24) is 9.78 Å². The summed E-state index contributed by atoms with van der Waals surface area (Å²) in [5, 5.41) is 7.48. The van der Waals surface area contributed by atoms with Crippen molar-refractivity contribution in [2.24, 2.45) is 5.92 Å². The average molecular weight is 235 g/mol. The maximum atomic E-state index is 11.8. The molecule has 0 aromatic carbocycles. The van der Waals surface area contributed by atoms with E-state index in [9.17, 15) is 4.79 Å². The van der Waals surface area contributed by atoms with E-state index in [0.717, 1.165) is 25.1 Å². The van der Waals surface area contributed by atoms with E-state index >= 15 is 0 Å². The first kappa shape index (κ1) is 12.1. The minimum Gasteiger partial charge on any atom is -0.381 e. The molecule has 0 unspecified atom stereocenters. The van der Waals surface area contributed by atoms with Crippen LogP contribution in [0.3, 0.4) is 0 Å². The molecule has 0 radical (unpaired) electrons. The zero-order valence-corrected chi connectivity index (χ0v) is 10.6. The lowest BCUT2D eigenvalue weighted by Gasteiger charge is -2.08. The van der Waals surface area contributed by atoms with Crippen LogP contribution in [0.1, 0.15) is 39.5 Å². The van der Waals surface area contributed by atoms with Crippen LogP contribution in [0.2, 0.25) is 0 Å². The van der Waals surface area contributed by atoms with E-state index in [1.54, 1.807) is 16.9 Å². The van der Waals surface area contributed by atoms with Crippen LogP contribution in [0.4, 0.5) is 5.69 Å². The van der Waals surface area contributed by atoms with Gasteiger partial charge in [-0.05, 0) is 31.6 Å². The van der Waals surface area contributed by atoms with Crippen molar-refractivity contribution in [2.45, 2.75) is 52.1 Å². The van der Waals surface area contributed by atoms with Crippen molar-refractivity contribution in [1.29, 1.82) is 0 Å². The van der Waals surface area contributed by atoms with Crippen molar-refractivity contribution < 1.29 is 0 Å². The second-order valence-electron chi connectivity index (χ2n) is 5.26.